The molecule has 1 rings (SSSR count). The van der Waals surface area contributed by atoms with Gasteiger partial charge in [-0.15, -0.1) is 0 Å². The van der Waals surface area contributed by atoms with Gasteiger partial charge in [-0.05, 0) is 13.0 Å². The molecular formula is C10H21N3S. The molecule has 82 valence electrons. The normalized spacial score (nSPS) is 19.8. The van der Waals surface area contributed by atoms with Crippen molar-refractivity contribution in [3.63, 3.8) is 0 Å². The quantitative estimate of drug-likeness (QED) is 0.684. The predicted octanol–water partition coefficient (Wildman–Crippen LogP) is 0.690. The van der Waals surface area contributed by atoms with Crippen LogP contribution in [0.5, 0.6) is 0 Å². The molecule has 0 aromatic carbocycles. The number of piperazine rings is 1. The fourth-order valence-corrected chi connectivity index (χ4v) is 1.91. The summed E-state index contributed by atoms with van der Waals surface area (Å²) in [6.45, 7) is 9.25. The Morgan fingerprint density at radius 3 is 2.07 bits per heavy atom. The lowest BCUT2D eigenvalue weighted by atomic mass is 10.2. The Morgan fingerprint density at radius 1 is 1.14 bits per heavy atom. The Morgan fingerprint density at radius 2 is 1.64 bits per heavy atom. The summed E-state index contributed by atoms with van der Waals surface area (Å²) < 4.78 is 0. The zero-order valence-electron chi connectivity index (χ0n) is 9.04. The van der Waals surface area contributed by atoms with Gasteiger partial charge in [-0.1, -0.05) is 19.1 Å². The van der Waals surface area contributed by atoms with Crippen LogP contribution in [-0.2, 0) is 0 Å². The summed E-state index contributed by atoms with van der Waals surface area (Å²) in [4.78, 5) is 5.61. The average molecular weight is 215 g/mol. The van der Waals surface area contributed by atoms with Crippen LogP contribution in [0.3, 0.4) is 0 Å². The predicted molar refractivity (Wildman–Crippen MR) is 64.6 cm³/mol. The van der Waals surface area contributed by atoms with Gasteiger partial charge in [0.25, 0.3) is 0 Å². The maximum absolute atomic E-state index is 5.48. The van der Waals surface area contributed by atoms with Crippen LogP contribution in [0.2, 0.25) is 0 Å². The van der Waals surface area contributed by atoms with Gasteiger partial charge in [0.05, 0.1) is 4.99 Å². The van der Waals surface area contributed by atoms with Crippen molar-refractivity contribution in [2.45, 2.75) is 19.8 Å². The van der Waals surface area contributed by atoms with E-state index in [2.05, 4.69) is 16.7 Å². The van der Waals surface area contributed by atoms with Crippen molar-refractivity contribution in [3.8, 4) is 0 Å². The third-order valence-electron chi connectivity index (χ3n) is 2.68. The SMILES string of the molecule is CCCN1CCN(CCC(N)=S)CC1. The molecule has 1 fully saturated rings. The minimum Gasteiger partial charge on any atom is -0.393 e. The van der Waals surface area contributed by atoms with Gasteiger partial charge in [-0.2, -0.15) is 0 Å². The largest absolute Gasteiger partial charge is 0.393 e. The lowest BCUT2D eigenvalue weighted by molar-refractivity contribution is 0.135. The molecule has 0 radical (unpaired) electrons. The first-order chi connectivity index (χ1) is 6.72. The lowest BCUT2D eigenvalue weighted by Crippen LogP contribution is -2.47. The molecule has 0 aromatic heterocycles. The lowest BCUT2D eigenvalue weighted by Gasteiger charge is -2.34. The Hall–Kier alpha value is -0.190. The van der Waals surface area contributed by atoms with Crippen LogP contribution in [0.15, 0.2) is 0 Å². The molecule has 4 heteroatoms. The highest BCUT2D eigenvalue weighted by atomic mass is 32.1. The molecule has 0 unspecified atom stereocenters. The number of nitrogens with two attached hydrogens (primary N) is 1. The summed E-state index contributed by atoms with van der Waals surface area (Å²) >= 11 is 4.87. The molecule has 0 saturated carbocycles. The van der Waals surface area contributed by atoms with E-state index in [1.807, 2.05) is 0 Å². The molecule has 0 aliphatic carbocycles. The second-order valence-corrected chi connectivity index (χ2v) is 4.42. The van der Waals surface area contributed by atoms with Gasteiger partial charge in [0, 0.05) is 39.1 Å². The molecule has 1 saturated heterocycles. The Balaban J connectivity index is 2.12. The topological polar surface area (TPSA) is 32.5 Å². The number of rotatable bonds is 5. The first-order valence-corrected chi connectivity index (χ1v) is 5.86. The first-order valence-electron chi connectivity index (χ1n) is 5.45. The van der Waals surface area contributed by atoms with Crippen molar-refractivity contribution < 1.29 is 0 Å². The molecular weight excluding hydrogens is 194 g/mol. The standard InChI is InChI=1S/C10H21N3S/c1-2-4-12-6-8-13(9-7-12)5-3-10(11)14/h2-9H2,1H3,(H2,11,14). The van der Waals surface area contributed by atoms with E-state index in [0.717, 1.165) is 13.0 Å². The van der Waals surface area contributed by atoms with Crippen molar-refractivity contribution in [2.24, 2.45) is 5.73 Å². The van der Waals surface area contributed by atoms with Gasteiger partial charge >= 0.3 is 0 Å². The van der Waals surface area contributed by atoms with E-state index in [9.17, 15) is 0 Å². The van der Waals surface area contributed by atoms with E-state index >= 15 is 0 Å². The fraction of sp³-hybridized carbons (Fsp3) is 0.900. The van der Waals surface area contributed by atoms with E-state index in [-0.39, 0.29) is 0 Å². The zero-order valence-corrected chi connectivity index (χ0v) is 9.85. The Bertz CT molecular complexity index is 176. The van der Waals surface area contributed by atoms with Gasteiger partial charge in [0.2, 0.25) is 0 Å². The summed E-state index contributed by atoms with van der Waals surface area (Å²) in [5.74, 6) is 0. The van der Waals surface area contributed by atoms with Crippen molar-refractivity contribution in [2.75, 3.05) is 39.3 Å². The second kappa shape index (κ2) is 6.32. The van der Waals surface area contributed by atoms with Crippen LogP contribution in [0.1, 0.15) is 19.8 Å². The molecule has 0 bridgehead atoms. The van der Waals surface area contributed by atoms with Gasteiger partial charge < -0.3 is 15.5 Å². The van der Waals surface area contributed by atoms with Crippen LogP contribution in [-0.4, -0.2) is 54.1 Å². The minimum absolute atomic E-state index is 0.640. The molecule has 14 heavy (non-hydrogen) atoms. The van der Waals surface area contributed by atoms with E-state index in [1.54, 1.807) is 0 Å². The molecule has 0 atom stereocenters. The number of hydrogen-bond acceptors (Lipinski definition) is 3. The zero-order chi connectivity index (χ0) is 10.4. The fourth-order valence-electron chi connectivity index (χ4n) is 1.82. The van der Waals surface area contributed by atoms with E-state index in [4.69, 9.17) is 18.0 Å². The molecule has 3 nitrogen and oxygen atoms in total. The summed E-state index contributed by atoms with van der Waals surface area (Å²) in [7, 11) is 0. The van der Waals surface area contributed by atoms with Gasteiger partial charge in [-0.25, -0.2) is 0 Å². The number of hydrogen-bond donors (Lipinski definition) is 1. The monoisotopic (exact) mass is 215 g/mol. The molecule has 2 N–H and O–H groups in total. The van der Waals surface area contributed by atoms with Gasteiger partial charge in [0.1, 0.15) is 0 Å². The van der Waals surface area contributed by atoms with E-state index in [1.165, 1.54) is 39.1 Å². The highest BCUT2D eigenvalue weighted by Crippen LogP contribution is 2.02. The number of thiocarbonyl (C=S) groups is 1. The van der Waals surface area contributed by atoms with Crippen molar-refractivity contribution >= 4 is 17.2 Å². The van der Waals surface area contributed by atoms with E-state index < -0.39 is 0 Å². The Labute approximate surface area is 92.2 Å². The van der Waals surface area contributed by atoms with Crippen LogP contribution in [0, 0.1) is 0 Å². The molecule has 1 aliphatic rings. The highest BCUT2D eigenvalue weighted by Gasteiger charge is 2.15. The molecule has 0 amide bonds. The minimum atomic E-state index is 0.640. The third-order valence-corrected chi connectivity index (χ3v) is 2.88. The summed E-state index contributed by atoms with van der Waals surface area (Å²) in [5, 5.41) is 0. The van der Waals surface area contributed by atoms with Crippen LogP contribution in [0.25, 0.3) is 0 Å². The third kappa shape index (κ3) is 4.35. The van der Waals surface area contributed by atoms with Gasteiger partial charge in [-0.3, -0.25) is 0 Å². The van der Waals surface area contributed by atoms with Crippen molar-refractivity contribution in [1.82, 2.24) is 9.80 Å². The molecule has 0 spiro atoms. The van der Waals surface area contributed by atoms with Crippen molar-refractivity contribution in [1.29, 1.82) is 0 Å². The maximum Gasteiger partial charge on any atom is 0.0740 e. The Kier molecular flexibility index (Phi) is 5.37. The average Bonchev–Trinajstić information content (AvgIpc) is 2.17. The van der Waals surface area contributed by atoms with E-state index in [0.29, 0.717) is 4.99 Å². The highest BCUT2D eigenvalue weighted by molar-refractivity contribution is 7.80. The van der Waals surface area contributed by atoms with Gasteiger partial charge in [0.15, 0.2) is 0 Å². The molecule has 1 aliphatic heterocycles. The molecule has 0 aromatic rings. The maximum atomic E-state index is 5.48. The second-order valence-electron chi connectivity index (χ2n) is 3.90. The van der Waals surface area contributed by atoms with Crippen LogP contribution < -0.4 is 5.73 Å². The smallest absolute Gasteiger partial charge is 0.0740 e. The van der Waals surface area contributed by atoms with Crippen LogP contribution >= 0.6 is 12.2 Å². The summed E-state index contributed by atoms with van der Waals surface area (Å²) in [5.41, 5.74) is 5.48. The summed E-state index contributed by atoms with van der Waals surface area (Å²) in [6.07, 6.45) is 2.12. The van der Waals surface area contributed by atoms with Crippen molar-refractivity contribution in [3.05, 3.63) is 0 Å². The first kappa shape index (κ1) is 11.9. The van der Waals surface area contributed by atoms with Crippen LogP contribution in [0.4, 0.5) is 0 Å². The summed E-state index contributed by atoms with van der Waals surface area (Å²) in [6, 6.07) is 0. The number of nitrogens with zero attached hydrogens (tertiary/aromatic N) is 2. The molecule has 1 heterocycles.